The summed E-state index contributed by atoms with van der Waals surface area (Å²) in [5.41, 5.74) is 6.70. The molecule has 2 aromatic carbocycles. The highest BCUT2D eigenvalue weighted by atomic mass is 79.9. The second kappa shape index (κ2) is 6.24. The van der Waals surface area contributed by atoms with E-state index in [1.165, 1.54) is 18.2 Å². The van der Waals surface area contributed by atoms with E-state index >= 15 is 0 Å². The molecule has 3 N–H and O–H groups in total. The van der Waals surface area contributed by atoms with Gasteiger partial charge in [-0.2, -0.15) is 0 Å². The molecule has 6 heteroatoms. The zero-order valence-electron chi connectivity index (χ0n) is 10.3. The topological polar surface area (TPSA) is 55.1 Å². The highest BCUT2D eigenvalue weighted by molar-refractivity contribution is 9.10. The normalized spacial score (nSPS) is 10.3. The fourth-order valence-electron chi connectivity index (χ4n) is 1.69. The molecule has 0 radical (unpaired) electrons. The molecular weight excluding hydrogens is 347 g/mol. The summed E-state index contributed by atoms with van der Waals surface area (Å²) in [6, 6.07) is 9.15. The highest BCUT2D eigenvalue weighted by Gasteiger charge is 2.11. The molecule has 2 rings (SSSR count). The molecule has 20 heavy (non-hydrogen) atoms. The molecule has 2 aromatic rings. The smallest absolute Gasteiger partial charge is 0.253 e. The zero-order chi connectivity index (χ0) is 14.7. The quantitative estimate of drug-likeness (QED) is 0.822. The summed E-state index contributed by atoms with van der Waals surface area (Å²) in [4.78, 5) is 12.0. The van der Waals surface area contributed by atoms with Crippen LogP contribution in [0.4, 0.5) is 10.1 Å². The molecule has 0 saturated carbocycles. The summed E-state index contributed by atoms with van der Waals surface area (Å²) in [6.45, 7) is 0.0756. The molecule has 0 unspecified atom stereocenters. The van der Waals surface area contributed by atoms with E-state index in [1.807, 2.05) is 0 Å². The predicted octanol–water partition coefficient (Wildman–Crippen LogP) is 3.75. The predicted molar refractivity (Wildman–Crippen MR) is 81.1 cm³/mol. The van der Waals surface area contributed by atoms with Crippen molar-refractivity contribution in [2.75, 3.05) is 5.73 Å². The van der Waals surface area contributed by atoms with Crippen molar-refractivity contribution >= 4 is 39.1 Å². The van der Waals surface area contributed by atoms with Crippen molar-refractivity contribution in [2.45, 2.75) is 6.54 Å². The second-order valence-corrected chi connectivity index (χ2v) is 5.50. The van der Waals surface area contributed by atoms with Crippen LogP contribution in [-0.4, -0.2) is 5.91 Å². The summed E-state index contributed by atoms with van der Waals surface area (Å²) in [7, 11) is 0. The first kappa shape index (κ1) is 14.8. The minimum atomic E-state index is -0.377. The van der Waals surface area contributed by atoms with E-state index in [9.17, 15) is 9.18 Å². The number of nitrogen functional groups attached to an aromatic ring is 1. The Morgan fingerprint density at radius 1 is 1.30 bits per heavy atom. The van der Waals surface area contributed by atoms with Gasteiger partial charge < -0.3 is 11.1 Å². The molecule has 0 spiro atoms. The van der Waals surface area contributed by atoms with Crippen LogP contribution in [0.25, 0.3) is 0 Å². The van der Waals surface area contributed by atoms with Crippen LogP contribution >= 0.6 is 27.5 Å². The molecule has 0 aliphatic carbocycles. The number of hydrogen-bond donors (Lipinski definition) is 2. The van der Waals surface area contributed by atoms with Crippen LogP contribution in [0.3, 0.4) is 0 Å². The third-order valence-corrected chi connectivity index (χ3v) is 3.43. The SMILES string of the molecule is Nc1cc(Cl)ccc1C(=O)NCc1cc(Br)ccc1F. The van der Waals surface area contributed by atoms with Gasteiger partial charge in [0.1, 0.15) is 5.82 Å². The number of benzene rings is 2. The number of hydrogen-bond acceptors (Lipinski definition) is 2. The van der Waals surface area contributed by atoms with Gasteiger partial charge in [-0.3, -0.25) is 4.79 Å². The Labute approximate surface area is 129 Å². The van der Waals surface area contributed by atoms with Crippen molar-refractivity contribution < 1.29 is 9.18 Å². The van der Waals surface area contributed by atoms with Crippen molar-refractivity contribution in [3.63, 3.8) is 0 Å². The average Bonchev–Trinajstić information content (AvgIpc) is 2.39. The number of halogens is 3. The van der Waals surface area contributed by atoms with Crippen LogP contribution in [0.15, 0.2) is 40.9 Å². The minimum Gasteiger partial charge on any atom is -0.398 e. The Balaban J connectivity index is 2.10. The van der Waals surface area contributed by atoms with Gasteiger partial charge in [-0.05, 0) is 36.4 Å². The van der Waals surface area contributed by atoms with Crippen LogP contribution in [0.5, 0.6) is 0 Å². The monoisotopic (exact) mass is 356 g/mol. The third-order valence-electron chi connectivity index (χ3n) is 2.71. The molecule has 0 heterocycles. The zero-order valence-corrected chi connectivity index (χ0v) is 12.6. The number of anilines is 1. The molecule has 0 bridgehead atoms. The molecule has 0 saturated heterocycles. The van der Waals surface area contributed by atoms with Crippen molar-refractivity contribution in [1.29, 1.82) is 0 Å². The van der Waals surface area contributed by atoms with Crippen LogP contribution in [0.2, 0.25) is 5.02 Å². The fraction of sp³-hybridized carbons (Fsp3) is 0.0714. The molecular formula is C14H11BrClFN2O. The van der Waals surface area contributed by atoms with Gasteiger partial charge in [0.05, 0.1) is 5.56 Å². The fourth-order valence-corrected chi connectivity index (χ4v) is 2.28. The Morgan fingerprint density at radius 3 is 2.75 bits per heavy atom. The van der Waals surface area contributed by atoms with Gasteiger partial charge in [-0.25, -0.2) is 4.39 Å². The first-order valence-electron chi connectivity index (χ1n) is 5.74. The van der Waals surface area contributed by atoms with E-state index < -0.39 is 0 Å². The first-order chi connectivity index (χ1) is 9.47. The van der Waals surface area contributed by atoms with E-state index in [0.29, 0.717) is 16.1 Å². The van der Waals surface area contributed by atoms with Crippen molar-refractivity contribution in [2.24, 2.45) is 0 Å². The van der Waals surface area contributed by atoms with Crippen molar-refractivity contribution in [3.8, 4) is 0 Å². The Hall–Kier alpha value is -1.59. The molecule has 3 nitrogen and oxygen atoms in total. The number of amides is 1. The minimum absolute atomic E-state index is 0.0756. The maximum atomic E-state index is 13.5. The van der Waals surface area contributed by atoms with Gasteiger partial charge in [0.25, 0.3) is 5.91 Å². The number of rotatable bonds is 3. The average molecular weight is 358 g/mol. The summed E-state index contributed by atoms with van der Waals surface area (Å²) in [6.07, 6.45) is 0. The summed E-state index contributed by atoms with van der Waals surface area (Å²) in [5, 5.41) is 3.08. The molecule has 104 valence electrons. The van der Waals surface area contributed by atoms with E-state index in [4.69, 9.17) is 17.3 Å². The van der Waals surface area contributed by atoms with E-state index in [2.05, 4.69) is 21.2 Å². The van der Waals surface area contributed by atoms with E-state index in [1.54, 1.807) is 18.2 Å². The molecule has 0 fully saturated rings. The standard InChI is InChI=1S/C14H11BrClFN2O/c15-9-1-4-12(17)8(5-9)7-19-14(20)11-3-2-10(16)6-13(11)18/h1-6H,7,18H2,(H,19,20). The Kier molecular flexibility index (Phi) is 4.62. The largest absolute Gasteiger partial charge is 0.398 e. The Morgan fingerprint density at radius 2 is 2.05 bits per heavy atom. The van der Waals surface area contributed by atoms with Crippen LogP contribution in [0, 0.1) is 5.82 Å². The van der Waals surface area contributed by atoms with E-state index in [-0.39, 0.29) is 24.0 Å². The molecule has 0 atom stereocenters. The number of nitrogens with two attached hydrogens (primary N) is 1. The van der Waals surface area contributed by atoms with Gasteiger partial charge in [0.15, 0.2) is 0 Å². The second-order valence-electron chi connectivity index (χ2n) is 4.15. The highest BCUT2D eigenvalue weighted by Crippen LogP contribution is 2.19. The lowest BCUT2D eigenvalue weighted by molar-refractivity contribution is 0.0951. The molecule has 1 amide bonds. The summed E-state index contributed by atoms with van der Waals surface area (Å²) < 4.78 is 14.3. The Bertz CT molecular complexity index is 664. The maximum Gasteiger partial charge on any atom is 0.253 e. The lowest BCUT2D eigenvalue weighted by Gasteiger charge is -2.09. The van der Waals surface area contributed by atoms with Gasteiger partial charge in [0.2, 0.25) is 0 Å². The van der Waals surface area contributed by atoms with Gasteiger partial charge >= 0.3 is 0 Å². The number of carbonyl (C=O) groups is 1. The van der Waals surface area contributed by atoms with Gasteiger partial charge in [0, 0.05) is 27.3 Å². The van der Waals surface area contributed by atoms with Crippen LogP contribution in [-0.2, 0) is 6.54 Å². The molecule has 0 aromatic heterocycles. The van der Waals surface area contributed by atoms with Crippen LogP contribution in [0.1, 0.15) is 15.9 Å². The lowest BCUT2D eigenvalue weighted by Crippen LogP contribution is -2.24. The summed E-state index contributed by atoms with van der Waals surface area (Å²) >= 11 is 9.02. The number of nitrogens with one attached hydrogen (secondary N) is 1. The van der Waals surface area contributed by atoms with Gasteiger partial charge in [-0.15, -0.1) is 0 Å². The molecule has 0 aliphatic heterocycles. The first-order valence-corrected chi connectivity index (χ1v) is 6.91. The van der Waals surface area contributed by atoms with Crippen molar-refractivity contribution in [1.82, 2.24) is 5.32 Å². The number of carbonyl (C=O) groups excluding carboxylic acids is 1. The molecule has 0 aliphatic rings. The maximum absolute atomic E-state index is 13.5. The van der Waals surface area contributed by atoms with Gasteiger partial charge in [-0.1, -0.05) is 27.5 Å². The van der Waals surface area contributed by atoms with Crippen molar-refractivity contribution in [3.05, 3.63) is 62.8 Å². The third kappa shape index (κ3) is 3.49. The summed E-state index contributed by atoms with van der Waals surface area (Å²) in [5.74, 6) is -0.754. The van der Waals surface area contributed by atoms with E-state index in [0.717, 1.165) is 4.47 Å². The van der Waals surface area contributed by atoms with Crippen LogP contribution < -0.4 is 11.1 Å². The lowest BCUT2D eigenvalue weighted by atomic mass is 10.1.